The molecule has 2 saturated heterocycles. The second-order valence-corrected chi connectivity index (χ2v) is 6.68. The van der Waals surface area contributed by atoms with Gasteiger partial charge < -0.3 is 10.2 Å². The van der Waals surface area contributed by atoms with E-state index in [1.165, 1.54) is 24.0 Å². The van der Waals surface area contributed by atoms with E-state index in [0.29, 0.717) is 12.1 Å². The molecule has 0 aromatic heterocycles. The Morgan fingerprint density at radius 1 is 1.14 bits per heavy atom. The molecule has 2 bridgehead atoms. The number of rotatable bonds is 1. The number of carbonyl (C=O) groups is 1. The average molecular weight is 285 g/mol. The molecule has 3 aliphatic heterocycles. The Kier molecular flexibility index (Phi) is 3.23. The van der Waals surface area contributed by atoms with E-state index in [9.17, 15) is 4.79 Å². The first kappa shape index (κ1) is 13.3. The molecular formula is C17H23N3O. The molecule has 4 nitrogen and oxygen atoms in total. The summed E-state index contributed by atoms with van der Waals surface area (Å²) in [5, 5.41) is 3.34. The quantitative estimate of drug-likeness (QED) is 0.851. The second-order valence-electron chi connectivity index (χ2n) is 6.68. The number of likely N-dealkylation sites (tertiary alicyclic amines) is 1. The summed E-state index contributed by atoms with van der Waals surface area (Å²) in [6.07, 6.45) is 3.65. The van der Waals surface area contributed by atoms with E-state index in [1.807, 2.05) is 6.07 Å². The second kappa shape index (κ2) is 5.11. The first-order chi connectivity index (χ1) is 10.2. The molecular weight excluding hydrogens is 262 g/mol. The van der Waals surface area contributed by atoms with E-state index in [-0.39, 0.29) is 5.91 Å². The van der Waals surface area contributed by atoms with Gasteiger partial charge >= 0.3 is 0 Å². The maximum atomic E-state index is 12.8. The van der Waals surface area contributed by atoms with Crippen LogP contribution in [-0.2, 0) is 13.1 Å². The van der Waals surface area contributed by atoms with Crippen molar-refractivity contribution >= 4 is 5.91 Å². The topological polar surface area (TPSA) is 35.6 Å². The van der Waals surface area contributed by atoms with Gasteiger partial charge in [-0.2, -0.15) is 0 Å². The molecule has 3 aliphatic rings. The van der Waals surface area contributed by atoms with E-state index in [0.717, 1.165) is 38.2 Å². The molecule has 0 radical (unpaired) electrons. The van der Waals surface area contributed by atoms with Gasteiger partial charge in [0, 0.05) is 43.8 Å². The molecule has 21 heavy (non-hydrogen) atoms. The normalized spacial score (nSPS) is 28.5. The Morgan fingerprint density at radius 3 is 2.86 bits per heavy atom. The maximum absolute atomic E-state index is 12.8. The monoisotopic (exact) mass is 285 g/mol. The molecule has 2 unspecified atom stereocenters. The third-order valence-corrected chi connectivity index (χ3v) is 5.52. The number of nitrogens with one attached hydrogen (secondary N) is 1. The maximum Gasteiger partial charge on any atom is 0.253 e. The van der Waals surface area contributed by atoms with Gasteiger partial charge in [0.25, 0.3) is 5.91 Å². The molecule has 112 valence electrons. The van der Waals surface area contributed by atoms with E-state index >= 15 is 0 Å². The molecule has 0 aliphatic carbocycles. The highest BCUT2D eigenvalue weighted by Crippen LogP contribution is 2.29. The van der Waals surface area contributed by atoms with Crippen molar-refractivity contribution in [2.24, 2.45) is 0 Å². The highest BCUT2D eigenvalue weighted by molar-refractivity contribution is 5.94. The van der Waals surface area contributed by atoms with Crippen LogP contribution in [0.3, 0.4) is 0 Å². The highest BCUT2D eigenvalue weighted by atomic mass is 16.2. The van der Waals surface area contributed by atoms with Crippen LogP contribution in [-0.4, -0.2) is 47.9 Å². The van der Waals surface area contributed by atoms with Crippen LogP contribution in [0.25, 0.3) is 0 Å². The molecule has 0 spiro atoms. The van der Waals surface area contributed by atoms with E-state index in [4.69, 9.17) is 0 Å². The van der Waals surface area contributed by atoms with Crippen LogP contribution in [0.15, 0.2) is 18.2 Å². The summed E-state index contributed by atoms with van der Waals surface area (Å²) in [6, 6.07) is 7.43. The number of amides is 1. The van der Waals surface area contributed by atoms with Crippen LogP contribution in [0.4, 0.5) is 0 Å². The van der Waals surface area contributed by atoms with Crippen LogP contribution >= 0.6 is 0 Å². The lowest BCUT2D eigenvalue weighted by atomic mass is 10.0. The van der Waals surface area contributed by atoms with Crippen molar-refractivity contribution in [1.29, 1.82) is 0 Å². The number of benzene rings is 1. The van der Waals surface area contributed by atoms with Gasteiger partial charge in [-0.25, -0.2) is 0 Å². The van der Waals surface area contributed by atoms with Gasteiger partial charge in [0.1, 0.15) is 0 Å². The Bertz CT molecular complexity index is 571. The summed E-state index contributed by atoms with van der Waals surface area (Å²) in [6.45, 7) is 3.62. The average Bonchev–Trinajstić information content (AvgIpc) is 3.02. The first-order valence-electron chi connectivity index (χ1n) is 8.06. The van der Waals surface area contributed by atoms with Crippen molar-refractivity contribution < 1.29 is 4.79 Å². The van der Waals surface area contributed by atoms with Gasteiger partial charge in [0.05, 0.1) is 0 Å². The lowest BCUT2D eigenvalue weighted by molar-refractivity contribution is 0.0740. The standard InChI is InChI=1S/C17H23N3O/c1-19-15-4-5-16(19)11-20(7-6-15)17(21)12-2-3-13-9-18-10-14(13)8-12/h2-3,8,15-16,18H,4-7,9-11H2,1H3. The van der Waals surface area contributed by atoms with E-state index in [1.54, 1.807) is 0 Å². The lowest BCUT2D eigenvalue weighted by Crippen LogP contribution is -2.39. The summed E-state index contributed by atoms with van der Waals surface area (Å²) in [7, 11) is 2.22. The summed E-state index contributed by atoms with van der Waals surface area (Å²) in [5.74, 6) is 0.214. The van der Waals surface area contributed by atoms with E-state index in [2.05, 4.69) is 34.3 Å². The fourth-order valence-corrected chi connectivity index (χ4v) is 4.10. The van der Waals surface area contributed by atoms with Gasteiger partial charge in [-0.1, -0.05) is 6.07 Å². The molecule has 2 fully saturated rings. The Balaban J connectivity index is 1.54. The molecule has 0 saturated carbocycles. The van der Waals surface area contributed by atoms with E-state index < -0.39 is 0 Å². The summed E-state index contributed by atoms with van der Waals surface area (Å²) >= 11 is 0. The Hall–Kier alpha value is -1.39. The van der Waals surface area contributed by atoms with Crippen molar-refractivity contribution in [3.8, 4) is 0 Å². The first-order valence-corrected chi connectivity index (χ1v) is 8.06. The molecule has 3 heterocycles. The van der Waals surface area contributed by atoms with Crippen LogP contribution in [0, 0.1) is 0 Å². The lowest BCUT2D eigenvalue weighted by Gasteiger charge is -2.26. The van der Waals surface area contributed by atoms with Gasteiger partial charge in [-0.3, -0.25) is 9.69 Å². The predicted octanol–water partition coefficient (Wildman–Crippen LogP) is 1.60. The third-order valence-electron chi connectivity index (χ3n) is 5.52. The highest BCUT2D eigenvalue weighted by Gasteiger charge is 2.36. The van der Waals surface area contributed by atoms with Gasteiger partial charge in [-0.05, 0) is 49.6 Å². The van der Waals surface area contributed by atoms with Gasteiger partial charge in [0.15, 0.2) is 0 Å². The Morgan fingerprint density at radius 2 is 1.95 bits per heavy atom. The molecule has 1 aromatic rings. The molecule has 2 atom stereocenters. The summed E-state index contributed by atoms with van der Waals surface area (Å²) in [5.41, 5.74) is 3.48. The number of carbonyl (C=O) groups excluding carboxylic acids is 1. The van der Waals surface area contributed by atoms with Crippen molar-refractivity contribution in [3.63, 3.8) is 0 Å². The van der Waals surface area contributed by atoms with Crippen LogP contribution in [0.2, 0.25) is 0 Å². The van der Waals surface area contributed by atoms with Crippen LogP contribution in [0.1, 0.15) is 40.7 Å². The zero-order valence-electron chi connectivity index (χ0n) is 12.6. The zero-order chi connectivity index (χ0) is 14.4. The molecule has 1 aromatic carbocycles. The smallest absolute Gasteiger partial charge is 0.253 e. The third kappa shape index (κ3) is 2.27. The number of fused-ring (bicyclic) bond motifs is 3. The molecule has 4 rings (SSSR count). The molecule has 1 amide bonds. The van der Waals surface area contributed by atoms with Crippen molar-refractivity contribution in [1.82, 2.24) is 15.1 Å². The number of hydrogen-bond donors (Lipinski definition) is 1. The van der Waals surface area contributed by atoms with Crippen molar-refractivity contribution in [2.45, 2.75) is 44.4 Å². The van der Waals surface area contributed by atoms with Gasteiger partial charge in [-0.15, -0.1) is 0 Å². The Labute approximate surface area is 126 Å². The number of likely N-dealkylation sites (N-methyl/N-ethyl adjacent to an activating group) is 1. The fraction of sp³-hybridized carbons (Fsp3) is 0.588. The fourth-order valence-electron chi connectivity index (χ4n) is 4.10. The minimum absolute atomic E-state index is 0.214. The number of nitrogens with zero attached hydrogens (tertiary/aromatic N) is 2. The van der Waals surface area contributed by atoms with Crippen LogP contribution < -0.4 is 5.32 Å². The van der Waals surface area contributed by atoms with Crippen molar-refractivity contribution in [2.75, 3.05) is 20.1 Å². The summed E-state index contributed by atoms with van der Waals surface area (Å²) in [4.78, 5) is 17.4. The van der Waals surface area contributed by atoms with Gasteiger partial charge in [0.2, 0.25) is 0 Å². The summed E-state index contributed by atoms with van der Waals surface area (Å²) < 4.78 is 0. The van der Waals surface area contributed by atoms with Crippen LogP contribution in [0.5, 0.6) is 0 Å². The van der Waals surface area contributed by atoms with Crippen molar-refractivity contribution in [3.05, 3.63) is 34.9 Å². The molecule has 1 N–H and O–H groups in total. The minimum Gasteiger partial charge on any atom is -0.337 e. The minimum atomic E-state index is 0.214. The number of hydrogen-bond acceptors (Lipinski definition) is 3. The molecule has 4 heteroatoms. The SMILES string of the molecule is CN1C2CCC1CN(C(=O)c1ccc3c(c1)CNC3)CC2. The zero-order valence-corrected chi connectivity index (χ0v) is 12.6. The predicted molar refractivity (Wildman–Crippen MR) is 82.1 cm³/mol. The largest absolute Gasteiger partial charge is 0.337 e.